The number of fused-ring (bicyclic) bond motifs is 1. The van der Waals surface area contributed by atoms with Crippen molar-refractivity contribution in [2.45, 2.75) is 13.8 Å². The first kappa shape index (κ1) is 18.0. The van der Waals surface area contributed by atoms with Gasteiger partial charge in [0, 0.05) is 23.1 Å². The largest absolute Gasteiger partial charge is 0.271 e. The first-order valence-electron chi connectivity index (χ1n) is 8.08. The number of carbonyl (C=O) groups excluding carboxylic acids is 2. The number of rotatable bonds is 3. The number of hydrazine groups is 1. The van der Waals surface area contributed by atoms with E-state index < -0.39 is 16.7 Å². The quantitative estimate of drug-likeness (QED) is 0.548. The number of pyridine rings is 1. The Bertz CT molecular complexity index is 1060. The number of aryl methyl sites for hydroxylation is 2. The summed E-state index contributed by atoms with van der Waals surface area (Å²) in [6.45, 7) is 3.66. The van der Waals surface area contributed by atoms with Gasteiger partial charge in [0.25, 0.3) is 17.5 Å². The second-order valence-corrected chi connectivity index (χ2v) is 6.03. The molecule has 1 aromatic heterocycles. The molecule has 0 aliphatic heterocycles. The molecule has 3 aromatic rings. The summed E-state index contributed by atoms with van der Waals surface area (Å²) in [5.74, 6) is -1.08. The normalized spacial score (nSPS) is 10.4. The van der Waals surface area contributed by atoms with Crippen LogP contribution in [0.1, 0.15) is 32.0 Å². The van der Waals surface area contributed by atoms with Gasteiger partial charge < -0.3 is 0 Å². The third-order valence-electron chi connectivity index (χ3n) is 4.04. The van der Waals surface area contributed by atoms with Crippen molar-refractivity contribution in [2.75, 3.05) is 0 Å². The van der Waals surface area contributed by atoms with Gasteiger partial charge in [-0.15, -0.1) is 0 Å². The SMILES string of the molecule is Cc1ccc2nc(C)c(C(=O)NNC(=O)c3ccc([N+](=O)[O-])cc3)cc2c1. The molecular formula is C19H16N4O4. The van der Waals surface area contributed by atoms with Crippen molar-refractivity contribution in [3.05, 3.63) is 81.0 Å². The molecule has 0 radical (unpaired) electrons. The van der Waals surface area contributed by atoms with Gasteiger partial charge in [0.2, 0.25) is 0 Å². The average Bonchev–Trinajstić information content (AvgIpc) is 2.65. The minimum absolute atomic E-state index is 0.122. The van der Waals surface area contributed by atoms with Gasteiger partial charge in [0.15, 0.2) is 0 Å². The van der Waals surface area contributed by atoms with Crippen LogP contribution in [0.25, 0.3) is 10.9 Å². The zero-order chi connectivity index (χ0) is 19.6. The molecule has 0 saturated heterocycles. The summed E-state index contributed by atoms with van der Waals surface area (Å²) in [6, 6.07) is 12.5. The highest BCUT2D eigenvalue weighted by atomic mass is 16.6. The van der Waals surface area contributed by atoms with Crippen LogP contribution >= 0.6 is 0 Å². The Morgan fingerprint density at radius 2 is 1.63 bits per heavy atom. The van der Waals surface area contributed by atoms with Crippen molar-refractivity contribution >= 4 is 28.4 Å². The van der Waals surface area contributed by atoms with Gasteiger partial charge in [0.1, 0.15) is 0 Å². The fourth-order valence-corrected chi connectivity index (χ4v) is 2.61. The van der Waals surface area contributed by atoms with Crippen LogP contribution < -0.4 is 10.9 Å². The number of carbonyl (C=O) groups is 2. The maximum atomic E-state index is 12.4. The van der Waals surface area contributed by atoms with Gasteiger partial charge in [-0.2, -0.15) is 0 Å². The Kier molecular flexibility index (Phi) is 4.80. The molecule has 0 saturated carbocycles. The van der Waals surface area contributed by atoms with E-state index in [9.17, 15) is 19.7 Å². The smallest absolute Gasteiger partial charge is 0.267 e. The molecule has 136 valence electrons. The first-order valence-corrected chi connectivity index (χ1v) is 8.08. The second-order valence-electron chi connectivity index (χ2n) is 6.03. The number of nitrogens with one attached hydrogen (secondary N) is 2. The molecule has 0 fully saturated rings. The standard InChI is InChI=1S/C19H16N4O4/c1-11-3-8-17-14(9-11)10-16(12(2)20-17)19(25)22-21-18(24)13-4-6-15(7-5-13)23(26)27/h3-10H,1-2H3,(H,21,24)(H,22,25). The lowest BCUT2D eigenvalue weighted by Crippen LogP contribution is -2.41. The number of amides is 2. The van der Waals surface area contributed by atoms with Crippen molar-refractivity contribution in [1.82, 2.24) is 15.8 Å². The number of hydrogen-bond acceptors (Lipinski definition) is 5. The Labute approximate surface area is 154 Å². The van der Waals surface area contributed by atoms with Crippen molar-refractivity contribution in [3.8, 4) is 0 Å². The number of non-ortho nitro benzene ring substituents is 1. The highest BCUT2D eigenvalue weighted by molar-refractivity contribution is 6.01. The van der Waals surface area contributed by atoms with Crippen LogP contribution in [0.15, 0.2) is 48.5 Å². The van der Waals surface area contributed by atoms with Crippen LogP contribution in [0.5, 0.6) is 0 Å². The number of benzene rings is 2. The Balaban J connectivity index is 1.73. The molecule has 8 heteroatoms. The van der Waals surface area contributed by atoms with Crippen molar-refractivity contribution in [3.63, 3.8) is 0 Å². The van der Waals surface area contributed by atoms with Crippen molar-refractivity contribution in [2.24, 2.45) is 0 Å². The third kappa shape index (κ3) is 3.90. The number of aromatic nitrogens is 1. The van der Waals surface area contributed by atoms with E-state index in [2.05, 4.69) is 15.8 Å². The molecule has 0 spiro atoms. The molecule has 0 bridgehead atoms. The summed E-state index contributed by atoms with van der Waals surface area (Å²) < 4.78 is 0. The van der Waals surface area contributed by atoms with Crippen LogP contribution in [0, 0.1) is 24.0 Å². The summed E-state index contributed by atoms with van der Waals surface area (Å²) in [5.41, 5.74) is 7.41. The lowest BCUT2D eigenvalue weighted by Gasteiger charge is -2.10. The maximum absolute atomic E-state index is 12.4. The topological polar surface area (TPSA) is 114 Å². The van der Waals surface area contributed by atoms with Gasteiger partial charge in [-0.3, -0.25) is 35.5 Å². The summed E-state index contributed by atoms with van der Waals surface area (Å²) in [5, 5.41) is 11.5. The van der Waals surface area contributed by atoms with Crippen molar-refractivity contribution < 1.29 is 14.5 Å². The van der Waals surface area contributed by atoms with Crippen LogP contribution in [0.4, 0.5) is 5.69 Å². The van der Waals surface area contributed by atoms with E-state index in [4.69, 9.17) is 0 Å². The van der Waals surface area contributed by atoms with Crippen LogP contribution in [-0.4, -0.2) is 21.7 Å². The van der Waals surface area contributed by atoms with Gasteiger partial charge in [-0.1, -0.05) is 11.6 Å². The fraction of sp³-hybridized carbons (Fsp3) is 0.105. The molecule has 0 unspecified atom stereocenters. The molecule has 0 aliphatic carbocycles. The molecule has 0 aliphatic rings. The minimum atomic E-state index is -0.583. The predicted molar refractivity (Wildman–Crippen MR) is 99.2 cm³/mol. The monoisotopic (exact) mass is 364 g/mol. The highest BCUT2D eigenvalue weighted by Crippen LogP contribution is 2.18. The molecule has 8 nitrogen and oxygen atoms in total. The van der Waals surface area contributed by atoms with Gasteiger partial charge >= 0.3 is 0 Å². The molecule has 2 N–H and O–H groups in total. The number of nitrogens with zero attached hydrogens (tertiary/aromatic N) is 2. The molecule has 0 atom stereocenters. The van der Waals surface area contributed by atoms with Crippen LogP contribution in [0.3, 0.4) is 0 Å². The summed E-state index contributed by atoms with van der Waals surface area (Å²) >= 11 is 0. The first-order chi connectivity index (χ1) is 12.8. The second kappa shape index (κ2) is 7.20. The van der Waals surface area contributed by atoms with Crippen LogP contribution in [-0.2, 0) is 0 Å². The number of nitro groups is 1. The molecule has 1 heterocycles. The highest BCUT2D eigenvalue weighted by Gasteiger charge is 2.14. The van der Waals surface area contributed by atoms with E-state index in [-0.39, 0.29) is 11.3 Å². The van der Waals surface area contributed by atoms with E-state index in [0.29, 0.717) is 11.3 Å². The van der Waals surface area contributed by atoms with E-state index >= 15 is 0 Å². The minimum Gasteiger partial charge on any atom is -0.267 e. The lowest BCUT2D eigenvalue weighted by atomic mass is 10.1. The molecular weight excluding hydrogens is 348 g/mol. The lowest BCUT2D eigenvalue weighted by molar-refractivity contribution is -0.384. The van der Waals surface area contributed by atoms with Crippen molar-refractivity contribution in [1.29, 1.82) is 0 Å². The van der Waals surface area contributed by atoms with E-state index in [1.807, 2.05) is 25.1 Å². The Hall–Kier alpha value is -3.81. The third-order valence-corrected chi connectivity index (χ3v) is 4.04. The molecule has 2 amide bonds. The number of hydrogen-bond donors (Lipinski definition) is 2. The summed E-state index contributed by atoms with van der Waals surface area (Å²) in [7, 11) is 0. The predicted octanol–water partition coefficient (Wildman–Crippen LogP) is 2.83. The Morgan fingerprint density at radius 3 is 2.30 bits per heavy atom. The number of nitro benzene ring substituents is 1. The van der Waals surface area contributed by atoms with Gasteiger partial charge in [-0.25, -0.2) is 0 Å². The van der Waals surface area contributed by atoms with Gasteiger partial charge in [-0.05, 0) is 44.2 Å². The van der Waals surface area contributed by atoms with Crippen LogP contribution in [0.2, 0.25) is 0 Å². The fourth-order valence-electron chi connectivity index (χ4n) is 2.61. The molecule has 3 rings (SSSR count). The average molecular weight is 364 g/mol. The maximum Gasteiger partial charge on any atom is 0.271 e. The zero-order valence-corrected chi connectivity index (χ0v) is 14.6. The molecule has 27 heavy (non-hydrogen) atoms. The Morgan fingerprint density at radius 1 is 0.963 bits per heavy atom. The zero-order valence-electron chi connectivity index (χ0n) is 14.6. The van der Waals surface area contributed by atoms with E-state index in [1.165, 1.54) is 24.3 Å². The molecule has 2 aromatic carbocycles. The van der Waals surface area contributed by atoms with E-state index in [0.717, 1.165) is 16.5 Å². The summed E-state index contributed by atoms with van der Waals surface area (Å²) in [6.07, 6.45) is 0. The van der Waals surface area contributed by atoms with E-state index in [1.54, 1.807) is 13.0 Å². The van der Waals surface area contributed by atoms with Gasteiger partial charge in [0.05, 0.1) is 21.7 Å². The summed E-state index contributed by atoms with van der Waals surface area (Å²) in [4.78, 5) is 39.0.